The molecule has 88 valence electrons. The van der Waals surface area contributed by atoms with E-state index in [2.05, 4.69) is 15.9 Å². The largest absolute Gasteiger partial charge is 0.446 e. The summed E-state index contributed by atoms with van der Waals surface area (Å²) >= 11 is 4.09. The maximum Gasteiger partial charge on any atom is 0.446 e. The van der Waals surface area contributed by atoms with E-state index in [4.69, 9.17) is 5.26 Å². The lowest BCUT2D eigenvalue weighted by molar-refractivity contribution is -0.0327. The molecule has 0 spiro atoms. The van der Waals surface area contributed by atoms with Crippen LogP contribution in [0.2, 0.25) is 0 Å². The molecule has 0 aliphatic carbocycles. The van der Waals surface area contributed by atoms with E-state index in [1.807, 2.05) is 6.07 Å². The van der Waals surface area contributed by atoms with Gasteiger partial charge < -0.3 is 0 Å². The van der Waals surface area contributed by atoms with Crippen LogP contribution in [-0.2, 0) is 0 Å². The van der Waals surface area contributed by atoms with Gasteiger partial charge in [-0.1, -0.05) is 12.1 Å². The van der Waals surface area contributed by atoms with Gasteiger partial charge in [-0.3, -0.25) is 0 Å². The fraction of sp³-hybridized carbons (Fsp3) is 0.100. The standard InChI is InChI=1S/C10H3BrF3NS2/c11-6-3-1-2-5-8(6)16-7(4-15)9(5)17-10(12,13)14/h1-3H. The van der Waals surface area contributed by atoms with E-state index in [0.717, 1.165) is 11.3 Å². The average molecular weight is 338 g/mol. The first-order valence-corrected chi connectivity index (χ1v) is 6.72. The van der Waals surface area contributed by atoms with Crippen LogP contribution < -0.4 is 0 Å². The van der Waals surface area contributed by atoms with Gasteiger partial charge in [-0.25, -0.2) is 0 Å². The molecule has 0 amide bonds. The van der Waals surface area contributed by atoms with E-state index in [9.17, 15) is 13.2 Å². The zero-order valence-electron chi connectivity index (χ0n) is 8.01. The molecule has 2 rings (SSSR count). The molecule has 1 nitrogen and oxygen atoms in total. The molecule has 0 unspecified atom stereocenters. The highest BCUT2D eigenvalue weighted by molar-refractivity contribution is 9.10. The van der Waals surface area contributed by atoms with Crippen molar-refractivity contribution in [2.24, 2.45) is 0 Å². The number of nitrogens with zero attached hydrogens (tertiary/aromatic N) is 1. The summed E-state index contributed by atoms with van der Waals surface area (Å²) in [4.78, 5) is 0.0792. The van der Waals surface area contributed by atoms with Crippen LogP contribution in [0.3, 0.4) is 0 Å². The zero-order valence-corrected chi connectivity index (χ0v) is 11.2. The van der Waals surface area contributed by atoms with Crippen LogP contribution in [0.25, 0.3) is 10.1 Å². The second-order valence-electron chi connectivity index (χ2n) is 3.04. The summed E-state index contributed by atoms with van der Waals surface area (Å²) in [7, 11) is 0. The molecule has 0 aliphatic heterocycles. The van der Waals surface area contributed by atoms with Gasteiger partial charge in [0.15, 0.2) is 0 Å². The predicted molar refractivity (Wildman–Crippen MR) is 66.2 cm³/mol. The molecule has 2 aromatic rings. The first kappa shape index (κ1) is 12.7. The number of nitriles is 1. The van der Waals surface area contributed by atoms with Crippen molar-refractivity contribution in [3.05, 3.63) is 27.5 Å². The Kier molecular flexibility index (Phi) is 3.39. The number of halogens is 4. The maximum absolute atomic E-state index is 12.4. The van der Waals surface area contributed by atoms with Crippen molar-refractivity contribution in [3.8, 4) is 6.07 Å². The third-order valence-corrected chi connectivity index (χ3v) is 5.00. The Hall–Kier alpha value is -0.710. The predicted octanol–water partition coefficient (Wildman–Crippen LogP) is 5.15. The molecular formula is C10H3BrF3NS2. The van der Waals surface area contributed by atoms with Crippen molar-refractivity contribution in [2.75, 3.05) is 0 Å². The molecule has 0 aliphatic rings. The van der Waals surface area contributed by atoms with Gasteiger partial charge in [-0.15, -0.1) is 11.3 Å². The van der Waals surface area contributed by atoms with Gasteiger partial charge in [0, 0.05) is 9.86 Å². The Morgan fingerprint density at radius 1 is 1.35 bits per heavy atom. The number of fused-ring (bicyclic) bond motifs is 1. The summed E-state index contributed by atoms with van der Waals surface area (Å²) in [6, 6.07) is 6.79. The average Bonchev–Trinajstić information content (AvgIpc) is 2.56. The highest BCUT2D eigenvalue weighted by atomic mass is 79.9. The quantitative estimate of drug-likeness (QED) is 0.672. The number of thiophene rings is 1. The summed E-state index contributed by atoms with van der Waals surface area (Å²) < 4.78 is 38.6. The summed E-state index contributed by atoms with van der Waals surface area (Å²) in [5.74, 6) is 0. The molecule has 0 saturated carbocycles. The van der Waals surface area contributed by atoms with Gasteiger partial charge in [0.25, 0.3) is 0 Å². The van der Waals surface area contributed by atoms with Crippen LogP contribution in [0.1, 0.15) is 4.88 Å². The van der Waals surface area contributed by atoms with Crippen molar-refractivity contribution < 1.29 is 13.2 Å². The summed E-state index contributed by atoms with van der Waals surface area (Å²) in [5.41, 5.74) is -4.39. The summed E-state index contributed by atoms with van der Waals surface area (Å²) in [6.45, 7) is 0. The number of alkyl halides is 3. The normalized spacial score (nSPS) is 11.7. The Morgan fingerprint density at radius 3 is 2.65 bits per heavy atom. The lowest BCUT2D eigenvalue weighted by Crippen LogP contribution is -1.99. The minimum atomic E-state index is -4.39. The van der Waals surface area contributed by atoms with E-state index < -0.39 is 5.51 Å². The number of rotatable bonds is 1. The molecular weight excluding hydrogens is 335 g/mol. The van der Waals surface area contributed by atoms with E-state index in [-0.39, 0.29) is 21.5 Å². The van der Waals surface area contributed by atoms with E-state index in [1.165, 1.54) is 0 Å². The third kappa shape index (κ3) is 2.59. The van der Waals surface area contributed by atoms with Crippen molar-refractivity contribution >= 4 is 49.1 Å². The highest BCUT2D eigenvalue weighted by Crippen LogP contribution is 2.46. The second-order valence-corrected chi connectivity index (χ2v) is 5.99. The maximum atomic E-state index is 12.4. The van der Waals surface area contributed by atoms with Crippen LogP contribution in [0.4, 0.5) is 13.2 Å². The fourth-order valence-corrected chi connectivity index (χ4v) is 3.82. The van der Waals surface area contributed by atoms with Crippen molar-refractivity contribution in [1.29, 1.82) is 5.26 Å². The minimum absolute atomic E-state index is 0.0127. The number of hydrogen-bond acceptors (Lipinski definition) is 3. The van der Waals surface area contributed by atoms with Crippen LogP contribution in [-0.4, -0.2) is 5.51 Å². The topological polar surface area (TPSA) is 23.8 Å². The van der Waals surface area contributed by atoms with Crippen molar-refractivity contribution in [3.63, 3.8) is 0 Å². The third-order valence-electron chi connectivity index (χ3n) is 1.94. The molecule has 0 fully saturated rings. The van der Waals surface area contributed by atoms with Crippen LogP contribution in [0.15, 0.2) is 27.6 Å². The Labute approximate surface area is 111 Å². The molecule has 1 aromatic heterocycles. The number of benzene rings is 1. The minimum Gasteiger partial charge on any atom is -0.191 e. The molecule has 0 N–H and O–H groups in total. The van der Waals surface area contributed by atoms with E-state index >= 15 is 0 Å². The molecule has 17 heavy (non-hydrogen) atoms. The monoisotopic (exact) mass is 337 g/mol. The molecule has 0 atom stereocenters. The Balaban J connectivity index is 2.68. The first-order chi connectivity index (χ1) is 7.92. The van der Waals surface area contributed by atoms with Crippen LogP contribution in [0, 0.1) is 11.3 Å². The Morgan fingerprint density at radius 2 is 2.06 bits per heavy atom. The number of hydrogen-bond donors (Lipinski definition) is 0. The van der Waals surface area contributed by atoms with Crippen molar-refractivity contribution in [2.45, 2.75) is 10.4 Å². The molecule has 0 saturated heterocycles. The summed E-state index contributed by atoms with van der Waals surface area (Å²) in [5, 5.41) is 9.33. The molecule has 0 bridgehead atoms. The second kappa shape index (κ2) is 4.52. The fourth-order valence-electron chi connectivity index (χ4n) is 1.35. The van der Waals surface area contributed by atoms with Gasteiger partial charge in [-0.2, -0.15) is 18.4 Å². The van der Waals surface area contributed by atoms with Gasteiger partial charge >= 0.3 is 5.51 Å². The number of thioether (sulfide) groups is 1. The zero-order chi connectivity index (χ0) is 12.6. The molecule has 0 radical (unpaired) electrons. The SMILES string of the molecule is N#Cc1sc2c(Br)cccc2c1SC(F)(F)F. The van der Waals surface area contributed by atoms with Gasteiger partial charge in [0.05, 0.1) is 9.60 Å². The Bertz CT molecular complexity index is 612. The van der Waals surface area contributed by atoms with Gasteiger partial charge in [0.2, 0.25) is 0 Å². The van der Waals surface area contributed by atoms with Gasteiger partial charge in [-0.05, 0) is 33.8 Å². The van der Waals surface area contributed by atoms with Gasteiger partial charge in [0.1, 0.15) is 10.9 Å². The van der Waals surface area contributed by atoms with Crippen LogP contribution in [0.5, 0.6) is 0 Å². The highest BCUT2D eigenvalue weighted by Gasteiger charge is 2.32. The molecule has 1 heterocycles. The smallest absolute Gasteiger partial charge is 0.191 e. The summed E-state index contributed by atoms with van der Waals surface area (Å²) in [6.07, 6.45) is 0. The lowest BCUT2D eigenvalue weighted by atomic mass is 10.2. The first-order valence-electron chi connectivity index (χ1n) is 4.29. The van der Waals surface area contributed by atoms with Crippen molar-refractivity contribution in [1.82, 2.24) is 0 Å². The van der Waals surface area contributed by atoms with Crippen LogP contribution >= 0.6 is 39.0 Å². The van der Waals surface area contributed by atoms with E-state index in [1.54, 1.807) is 18.2 Å². The molecule has 7 heteroatoms. The lowest BCUT2D eigenvalue weighted by Gasteiger charge is -2.04. The molecule has 1 aromatic carbocycles. The van der Waals surface area contributed by atoms with E-state index in [0.29, 0.717) is 14.6 Å².